The Labute approximate surface area is 186 Å². The minimum absolute atomic E-state index is 0.165. The van der Waals surface area contributed by atoms with E-state index in [0.717, 1.165) is 0 Å². The predicted octanol–water partition coefficient (Wildman–Crippen LogP) is -2.39. The highest BCUT2D eigenvalue weighted by Crippen LogP contribution is 2.03. The summed E-state index contributed by atoms with van der Waals surface area (Å²) in [7, 11) is 0. The third-order valence-electron chi connectivity index (χ3n) is 4.63. The fraction of sp³-hybridized carbons (Fsp3) is 0.737. The Bertz CT molecular complexity index is 646. The third kappa shape index (κ3) is 12.2. The number of nitrogens with one attached hydrogen (secondary N) is 3. The van der Waals surface area contributed by atoms with Gasteiger partial charge in [-0.15, -0.1) is 0 Å². The van der Waals surface area contributed by atoms with Gasteiger partial charge in [0.05, 0.1) is 12.5 Å². The Kier molecular flexibility index (Phi) is 14.6. The number of nitrogens with two attached hydrogens (primary N) is 3. The molecule has 4 atom stereocenters. The molecule has 0 aromatic carbocycles. The van der Waals surface area contributed by atoms with Gasteiger partial charge in [-0.1, -0.05) is 6.42 Å². The van der Waals surface area contributed by atoms with Crippen molar-refractivity contribution in [2.75, 3.05) is 13.1 Å². The molecule has 0 saturated heterocycles. The first-order chi connectivity index (χ1) is 15.0. The topological polar surface area (TPSA) is 240 Å². The second-order valence-electron chi connectivity index (χ2n) is 7.46. The lowest BCUT2D eigenvalue weighted by molar-refractivity contribution is -0.143. The number of carbonyl (C=O) groups excluding carboxylic acids is 3. The summed E-state index contributed by atoms with van der Waals surface area (Å²) in [6.45, 7) is 2.14. The number of carbonyl (C=O) groups is 5. The normalized spacial score (nSPS) is 14.5. The summed E-state index contributed by atoms with van der Waals surface area (Å²) in [4.78, 5) is 59.4. The van der Waals surface area contributed by atoms with Crippen LogP contribution < -0.4 is 33.2 Å². The fourth-order valence-corrected chi connectivity index (χ4v) is 2.73. The number of aliphatic carboxylic acids is 2. The van der Waals surface area contributed by atoms with Crippen LogP contribution >= 0.6 is 0 Å². The highest BCUT2D eigenvalue weighted by atomic mass is 16.4. The molecule has 0 rings (SSSR count). The maximum absolute atomic E-state index is 12.5. The molecular weight excluding hydrogens is 424 g/mol. The van der Waals surface area contributed by atoms with Gasteiger partial charge in [0, 0.05) is 0 Å². The van der Waals surface area contributed by atoms with Crippen LogP contribution in [0.25, 0.3) is 0 Å². The first kappa shape index (κ1) is 29.2. The molecule has 0 aliphatic rings. The molecule has 11 N–H and O–H groups in total. The number of unbranched alkanes of at least 4 members (excludes halogenated alkanes) is 2. The van der Waals surface area contributed by atoms with E-state index in [9.17, 15) is 29.1 Å². The molecule has 0 aromatic rings. The van der Waals surface area contributed by atoms with Gasteiger partial charge in [0.2, 0.25) is 17.7 Å². The van der Waals surface area contributed by atoms with Crippen LogP contribution in [0.1, 0.15) is 51.9 Å². The molecule has 0 aromatic heterocycles. The van der Waals surface area contributed by atoms with E-state index < -0.39 is 60.2 Å². The first-order valence-corrected chi connectivity index (χ1v) is 10.5. The van der Waals surface area contributed by atoms with Crippen molar-refractivity contribution in [3.63, 3.8) is 0 Å². The van der Waals surface area contributed by atoms with Crippen molar-refractivity contribution in [2.45, 2.75) is 76.0 Å². The van der Waals surface area contributed by atoms with Crippen molar-refractivity contribution in [3.8, 4) is 0 Å². The maximum atomic E-state index is 12.5. The minimum atomic E-state index is -1.46. The molecule has 32 heavy (non-hydrogen) atoms. The second kappa shape index (κ2) is 15.9. The lowest BCUT2D eigenvalue weighted by Crippen LogP contribution is -2.56. The molecule has 0 radical (unpaired) electrons. The van der Waals surface area contributed by atoms with E-state index in [4.69, 9.17) is 22.3 Å². The zero-order valence-corrected chi connectivity index (χ0v) is 18.3. The number of hydrogen-bond acceptors (Lipinski definition) is 8. The average molecular weight is 461 g/mol. The van der Waals surface area contributed by atoms with Crippen molar-refractivity contribution < 1.29 is 34.2 Å². The van der Waals surface area contributed by atoms with Crippen LogP contribution in [0.4, 0.5) is 0 Å². The summed E-state index contributed by atoms with van der Waals surface area (Å²) < 4.78 is 0. The number of carboxylic acid groups (broad SMARTS) is 2. The molecule has 0 heterocycles. The maximum Gasteiger partial charge on any atom is 0.326 e. The third-order valence-corrected chi connectivity index (χ3v) is 4.63. The molecule has 3 amide bonds. The standard InChI is InChI=1S/C19H36N6O7/c1-11(16(28)24-13(19(31)32)7-3-5-9-21)23-18(30)14(10-15(26)27)25-17(29)12(22)6-2-4-8-20/h11-14H,2-10,20-22H2,1H3,(H,23,30)(H,24,28)(H,25,29)(H,26,27)(H,31,32). The monoisotopic (exact) mass is 460 g/mol. The highest BCUT2D eigenvalue weighted by molar-refractivity contribution is 5.95. The van der Waals surface area contributed by atoms with Crippen LogP contribution in [0.15, 0.2) is 0 Å². The first-order valence-electron chi connectivity index (χ1n) is 10.5. The highest BCUT2D eigenvalue weighted by Gasteiger charge is 2.29. The largest absolute Gasteiger partial charge is 0.481 e. The Morgan fingerprint density at radius 2 is 1.28 bits per heavy atom. The van der Waals surface area contributed by atoms with E-state index in [-0.39, 0.29) is 6.42 Å². The molecule has 4 unspecified atom stereocenters. The quantitative estimate of drug-likeness (QED) is 0.107. The Hall–Kier alpha value is -2.77. The molecule has 0 fully saturated rings. The lowest BCUT2D eigenvalue weighted by Gasteiger charge is -2.22. The Morgan fingerprint density at radius 3 is 1.78 bits per heavy atom. The number of amides is 3. The van der Waals surface area contributed by atoms with Gasteiger partial charge < -0.3 is 43.4 Å². The molecule has 13 nitrogen and oxygen atoms in total. The van der Waals surface area contributed by atoms with Gasteiger partial charge in [-0.25, -0.2) is 4.79 Å². The van der Waals surface area contributed by atoms with Crippen molar-refractivity contribution in [3.05, 3.63) is 0 Å². The van der Waals surface area contributed by atoms with Crippen LogP contribution in [0, 0.1) is 0 Å². The molecular formula is C19H36N6O7. The summed E-state index contributed by atoms with van der Waals surface area (Å²) in [6.07, 6.45) is 2.09. The van der Waals surface area contributed by atoms with E-state index >= 15 is 0 Å². The van der Waals surface area contributed by atoms with Crippen LogP contribution in [0.5, 0.6) is 0 Å². The number of hydrogen-bond donors (Lipinski definition) is 8. The van der Waals surface area contributed by atoms with Crippen molar-refractivity contribution >= 4 is 29.7 Å². The number of rotatable bonds is 17. The van der Waals surface area contributed by atoms with E-state index in [1.807, 2.05) is 0 Å². The van der Waals surface area contributed by atoms with E-state index in [1.54, 1.807) is 0 Å². The van der Waals surface area contributed by atoms with Gasteiger partial charge in [-0.05, 0) is 52.1 Å². The van der Waals surface area contributed by atoms with Gasteiger partial charge in [0.25, 0.3) is 0 Å². The smallest absolute Gasteiger partial charge is 0.326 e. The zero-order valence-electron chi connectivity index (χ0n) is 18.3. The van der Waals surface area contributed by atoms with Gasteiger partial charge >= 0.3 is 11.9 Å². The van der Waals surface area contributed by atoms with Gasteiger partial charge in [0.1, 0.15) is 18.1 Å². The lowest BCUT2D eigenvalue weighted by atomic mass is 10.1. The minimum Gasteiger partial charge on any atom is -0.481 e. The van der Waals surface area contributed by atoms with Crippen LogP contribution in [-0.2, 0) is 24.0 Å². The van der Waals surface area contributed by atoms with Gasteiger partial charge in [-0.3, -0.25) is 19.2 Å². The molecule has 0 spiro atoms. The fourth-order valence-electron chi connectivity index (χ4n) is 2.73. The van der Waals surface area contributed by atoms with E-state index in [2.05, 4.69) is 16.0 Å². The van der Waals surface area contributed by atoms with Crippen molar-refractivity contribution in [1.29, 1.82) is 0 Å². The molecule has 13 heteroatoms. The zero-order chi connectivity index (χ0) is 24.7. The Balaban J connectivity index is 4.96. The molecule has 0 saturated carbocycles. The summed E-state index contributed by atoms with van der Waals surface area (Å²) in [5.74, 6) is -4.95. The summed E-state index contributed by atoms with van der Waals surface area (Å²) in [5.41, 5.74) is 16.5. The summed E-state index contributed by atoms with van der Waals surface area (Å²) in [5, 5.41) is 25.2. The van der Waals surface area contributed by atoms with E-state index in [1.165, 1.54) is 6.92 Å². The molecule has 0 aliphatic carbocycles. The van der Waals surface area contributed by atoms with Gasteiger partial charge in [-0.2, -0.15) is 0 Å². The predicted molar refractivity (Wildman–Crippen MR) is 115 cm³/mol. The second-order valence-corrected chi connectivity index (χ2v) is 7.46. The Morgan fingerprint density at radius 1 is 0.750 bits per heavy atom. The molecule has 184 valence electrons. The van der Waals surface area contributed by atoms with Crippen molar-refractivity contribution in [1.82, 2.24) is 16.0 Å². The van der Waals surface area contributed by atoms with Crippen molar-refractivity contribution in [2.24, 2.45) is 17.2 Å². The molecule has 0 bridgehead atoms. The van der Waals surface area contributed by atoms with Crippen LogP contribution in [0.2, 0.25) is 0 Å². The van der Waals surface area contributed by atoms with E-state index in [0.29, 0.717) is 45.2 Å². The van der Waals surface area contributed by atoms with Gasteiger partial charge in [0.15, 0.2) is 0 Å². The SMILES string of the molecule is CC(NC(=O)C(CC(=O)O)NC(=O)C(N)CCCCN)C(=O)NC(CCCCN)C(=O)O. The van der Waals surface area contributed by atoms with Crippen LogP contribution in [0.3, 0.4) is 0 Å². The molecule has 0 aliphatic heterocycles. The average Bonchev–Trinajstić information content (AvgIpc) is 2.71. The summed E-state index contributed by atoms with van der Waals surface area (Å²) in [6, 6.07) is -4.74. The summed E-state index contributed by atoms with van der Waals surface area (Å²) >= 11 is 0. The van der Waals surface area contributed by atoms with Crippen LogP contribution in [-0.4, -0.2) is 77.1 Å². The number of carboxylic acids is 2.